The first-order valence-electron chi connectivity index (χ1n) is 11.6. The average Bonchev–Trinajstić information content (AvgIpc) is 3.30. The van der Waals surface area contributed by atoms with Crippen molar-refractivity contribution in [3.05, 3.63) is 53.2 Å². The zero-order chi connectivity index (χ0) is 22.2. The van der Waals surface area contributed by atoms with E-state index in [0.717, 1.165) is 59.7 Å². The standard InChI is InChI=1S/C25H26BrN5O2/c26-19-6-7-21-22(13-19)31-15-20(16-31)32-11-2-1-4-17-5-3-10-30(14-17)23-12-18(8-9-27-23)24-28-29-25(21)33-24/h1-2,6-9,12-13,17,20H,3-5,10-11,14-16H2/b2-1+. The lowest BCUT2D eigenvalue weighted by Gasteiger charge is -2.41. The van der Waals surface area contributed by atoms with Gasteiger partial charge in [0.25, 0.3) is 0 Å². The molecule has 2 aromatic heterocycles. The minimum absolute atomic E-state index is 0.236. The van der Waals surface area contributed by atoms with Gasteiger partial charge in [0, 0.05) is 42.4 Å². The first-order valence-corrected chi connectivity index (χ1v) is 12.4. The summed E-state index contributed by atoms with van der Waals surface area (Å²) in [5.41, 5.74) is 2.90. The largest absolute Gasteiger partial charge is 0.416 e. The number of hydrogen-bond acceptors (Lipinski definition) is 7. The highest BCUT2D eigenvalue weighted by atomic mass is 79.9. The summed E-state index contributed by atoms with van der Waals surface area (Å²) in [6, 6.07) is 10.2. The molecule has 170 valence electrons. The number of anilines is 2. The Hall–Kier alpha value is -2.71. The Balaban J connectivity index is 1.37. The Morgan fingerprint density at radius 3 is 2.82 bits per heavy atom. The van der Waals surface area contributed by atoms with Gasteiger partial charge in [-0.05, 0) is 55.5 Å². The molecule has 33 heavy (non-hydrogen) atoms. The van der Waals surface area contributed by atoms with E-state index in [-0.39, 0.29) is 6.10 Å². The molecule has 1 unspecified atom stereocenters. The van der Waals surface area contributed by atoms with E-state index in [9.17, 15) is 0 Å². The number of ether oxygens (including phenoxy) is 1. The summed E-state index contributed by atoms with van der Waals surface area (Å²) in [7, 11) is 0. The van der Waals surface area contributed by atoms with Crippen molar-refractivity contribution < 1.29 is 9.15 Å². The number of fused-ring (bicyclic) bond motifs is 3. The minimum Gasteiger partial charge on any atom is -0.416 e. The van der Waals surface area contributed by atoms with E-state index in [2.05, 4.69) is 65.2 Å². The number of piperidine rings is 1. The summed E-state index contributed by atoms with van der Waals surface area (Å²) >= 11 is 3.61. The van der Waals surface area contributed by atoms with Gasteiger partial charge >= 0.3 is 0 Å². The van der Waals surface area contributed by atoms with Crippen LogP contribution in [0.25, 0.3) is 22.9 Å². The van der Waals surface area contributed by atoms with Crippen LogP contribution in [0.3, 0.4) is 0 Å². The molecule has 1 atom stereocenters. The third-order valence-electron chi connectivity index (χ3n) is 6.70. The SMILES string of the molecule is Brc1ccc2c(c1)N1CC(C1)OC/C=C/CC1CCCN(C1)c1cc(ccn1)-c1nnc-2o1. The molecular weight excluding hydrogens is 482 g/mol. The summed E-state index contributed by atoms with van der Waals surface area (Å²) < 4.78 is 13.3. The number of rotatable bonds is 0. The summed E-state index contributed by atoms with van der Waals surface area (Å²) in [6.07, 6.45) is 10.0. The fourth-order valence-corrected chi connectivity index (χ4v) is 5.22. The molecule has 0 saturated carbocycles. The third kappa shape index (κ3) is 4.29. The molecule has 3 aromatic rings. The number of halogens is 1. The van der Waals surface area contributed by atoms with Gasteiger partial charge in [-0.15, -0.1) is 10.2 Å². The molecule has 0 N–H and O–H groups in total. The summed E-state index contributed by atoms with van der Waals surface area (Å²) in [5, 5.41) is 8.77. The highest BCUT2D eigenvalue weighted by molar-refractivity contribution is 9.10. The molecule has 7 rings (SSSR count). The fourth-order valence-electron chi connectivity index (χ4n) is 4.87. The minimum atomic E-state index is 0.236. The molecule has 0 amide bonds. The summed E-state index contributed by atoms with van der Waals surface area (Å²) in [6.45, 7) is 4.40. The van der Waals surface area contributed by atoms with Crippen LogP contribution in [0.5, 0.6) is 0 Å². The Morgan fingerprint density at radius 1 is 0.970 bits per heavy atom. The number of allylic oxidation sites excluding steroid dienone is 1. The second kappa shape index (κ2) is 8.91. The number of hydrogen-bond donors (Lipinski definition) is 0. The van der Waals surface area contributed by atoms with Crippen molar-refractivity contribution in [2.24, 2.45) is 5.92 Å². The van der Waals surface area contributed by atoms with Gasteiger partial charge < -0.3 is 19.0 Å². The molecule has 2 saturated heterocycles. The summed E-state index contributed by atoms with van der Waals surface area (Å²) in [5.74, 6) is 2.64. The molecular formula is C25H26BrN5O2. The maximum Gasteiger partial charge on any atom is 0.250 e. The van der Waals surface area contributed by atoms with Gasteiger partial charge in [0.15, 0.2) is 0 Å². The van der Waals surface area contributed by atoms with Crippen LogP contribution in [0, 0.1) is 5.92 Å². The van der Waals surface area contributed by atoms with Gasteiger partial charge in [-0.1, -0.05) is 28.1 Å². The van der Waals surface area contributed by atoms with Crippen molar-refractivity contribution in [2.75, 3.05) is 42.6 Å². The van der Waals surface area contributed by atoms with Crippen molar-refractivity contribution >= 4 is 27.4 Å². The Morgan fingerprint density at radius 2 is 1.88 bits per heavy atom. The highest BCUT2D eigenvalue weighted by Gasteiger charge is 2.30. The molecule has 8 heteroatoms. The van der Waals surface area contributed by atoms with Crippen LogP contribution in [-0.4, -0.2) is 54.1 Å². The maximum absolute atomic E-state index is 6.17. The van der Waals surface area contributed by atoms with E-state index in [1.165, 1.54) is 12.8 Å². The molecule has 1 aromatic carbocycles. The number of pyridine rings is 1. The lowest BCUT2D eigenvalue weighted by atomic mass is 9.94. The first-order chi connectivity index (χ1) is 16.2. The molecule has 7 nitrogen and oxygen atoms in total. The molecule has 0 aliphatic carbocycles. The number of aromatic nitrogens is 3. The zero-order valence-electron chi connectivity index (χ0n) is 18.4. The van der Waals surface area contributed by atoms with Crippen molar-refractivity contribution in [3.63, 3.8) is 0 Å². The molecule has 6 heterocycles. The predicted octanol–water partition coefficient (Wildman–Crippen LogP) is 4.94. The van der Waals surface area contributed by atoms with E-state index in [1.807, 2.05) is 24.4 Å². The zero-order valence-corrected chi connectivity index (χ0v) is 19.9. The maximum atomic E-state index is 6.17. The fraction of sp³-hybridized carbons (Fsp3) is 0.400. The Bertz CT molecular complexity index is 1170. The molecule has 2 fully saturated rings. The highest BCUT2D eigenvalue weighted by Crippen LogP contribution is 2.37. The van der Waals surface area contributed by atoms with Gasteiger partial charge in [0.1, 0.15) is 5.82 Å². The van der Waals surface area contributed by atoms with Crippen LogP contribution >= 0.6 is 15.9 Å². The Labute approximate surface area is 201 Å². The van der Waals surface area contributed by atoms with Crippen LogP contribution in [0.4, 0.5) is 11.5 Å². The molecule has 8 bridgehead atoms. The molecule has 0 spiro atoms. The molecule has 4 aliphatic heterocycles. The van der Waals surface area contributed by atoms with Gasteiger partial charge in [0.05, 0.1) is 24.0 Å². The average molecular weight is 508 g/mol. The van der Waals surface area contributed by atoms with Crippen LogP contribution in [0.2, 0.25) is 0 Å². The van der Waals surface area contributed by atoms with Gasteiger partial charge in [-0.25, -0.2) is 4.98 Å². The van der Waals surface area contributed by atoms with Crippen molar-refractivity contribution in [3.8, 4) is 22.9 Å². The van der Waals surface area contributed by atoms with Gasteiger partial charge in [0.2, 0.25) is 11.8 Å². The van der Waals surface area contributed by atoms with E-state index in [4.69, 9.17) is 9.15 Å². The molecule has 4 aliphatic rings. The lowest BCUT2D eigenvalue weighted by Crippen LogP contribution is -2.52. The Kier molecular flexibility index (Phi) is 5.63. The first kappa shape index (κ1) is 20.9. The lowest BCUT2D eigenvalue weighted by molar-refractivity contribution is 0.0531. The molecule has 0 radical (unpaired) electrons. The van der Waals surface area contributed by atoms with E-state index in [0.29, 0.717) is 24.3 Å². The van der Waals surface area contributed by atoms with E-state index < -0.39 is 0 Å². The second-order valence-corrected chi connectivity index (χ2v) is 9.91. The van der Waals surface area contributed by atoms with Crippen LogP contribution in [0.15, 0.2) is 57.6 Å². The smallest absolute Gasteiger partial charge is 0.250 e. The van der Waals surface area contributed by atoms with E-state index in [1.54, 1.807) is 0 Å². The number of nitrogens with zero attached hydrogens (tertiary/aromatic N) is 5. The summed E-state index contributed by atoms with van der Waals surface area (Å²) in [4.78, 5) is 9.32. The van der Waals surface area contributed by atoms with Crippen LogP contribution in [0.1, 0.15) is 19.3 Å². The number of benzene rings is 1. The monoisotopic (exact) mass is 507 g/mol. The normalized spacial score (nSPS) is 23.5. The third-order valence-corrected chi connectivity index (χ3v) is 7.20. The van der Waals surface area contributed by atoms with Crippen molar-refractivity contribution in [2.45, 2.75) is 25.4 Å². The van der Waals surface area contributed by atoms with Crippen LogP contribution in [-0.2, 0) is 4.74 Å². The van der Waals surface area contributed by atoms with E-state index >= 15 is 0 Å². The van der Waals surface area contributed by atoms with Crippen molar-refractivity contribution in [1.82, 2.24) is 15.2 Å². The van der Waals surface area contributed by atoms with Gasteiger partial charge in [-0.3, -0.25) is 0 Å². The topological polar surface area (TPSA) is 67.5 Å². The van der Waals surface area contributed by atoms with Gasteiger partial charge in [-0.2, -0.15) is 0 Å². The van der Waals surface area contributed by atoms with Crippen molar-refractivity contribution in [1.29, 1.82) is 0 Å². The predicted molar refractivity (Wildman–Crippen MR) is 131 cm³/mol. The van der Waals surface area contributed by atoms with Crippen LogP contribution < -0.4 is 9.80 Å². The quantitative estimate of drug-likeness (QED) is 0.399. The second-order valence-electron chi connectivity index (χ2n) is 9.00.